The zero-order valence-corrected chi connectivity index (χ0v) is 15.6. The number of hydrogen-bond donors (Lipinski definition) is 0. The Morgan fingerprint density at radius 2 is 1.85 bits per heavy atom. The molecule has 1 amide bonds. The number of hydrogen-bond acceptors (Lipinski definition) is 5. The molecule has 3 rings (SSSR count). The van der Waals surface area contributed by atoms with Gasteiger partial charge in [-0.2, -0.15) is 0 Å². The Morgan fingerprint density at radius 3 is 2.44 bits per heavy atom. The van der Waals surface area contributed by atoms with Gasteiger partial charge >= 0.3 is 0 Å². The van der Waals surface area contributed by atoms with E-state index in [4.69, 9.17) is 4.74 Å². The Hall–Kier alpha value is -3.09. The minimum Gasteiger partial charge on any atom is -0.497 e. The molecule has 0 saturated carbocycles. The third-order valence-corrected chi connectivity index (χ3v) is 4.79. The first-order valence-electron chi connectivity index (χ1n) is 8.91. The molecule has 0 aromatic heterocycles. The van der Waals surface area contributed by atoms with Crippen LogP contribution < -0.4 is 9.64 Å². The Bertz CT molecular complexity index is 830. The van der Waals surface area contributed by atoms with Gasteiger partial charge in [-0.15, -0.1) is 0 Å². The molecule has 0 atom stereocenters. The number of rotatable bonds is 6. The molecule has 0 spiro atoms. The van der Waals surface area contributed by atoms with Crippen LogP contribution in [0.25, 0.3) is 0 Å². The van der Waals surface area contributed by atoms with E-state index in [9.17, 15) is 14.9 Å². The molecule has 2 aromatic carbocycles. The predicted octanol–water partition coefficient (Wildman–Crippen LogP) is 3.48. The maximum absolute atomic E-state index is 12.7. The smallest absolute Gasteiger partial charge is 0.293 e. The molecule has 2 aromatic rings. The number of ether oxygens (including phenoxy) is 1. The van der Waals surface area contributed by atoms with Crippen molar-refractivity contribution >= 4 is 17.3 Å². The summed E-state index contributed by atoms with van der Waals surface area (Å²) in [6.45, 7) is 2.03. The number of nitro groups is 1. The number of methoxy groups -OCH3 is 1. The fraction of sp³-hybridized carbons (Fsp3) is 0.350. The highest BCUT2D eigenvalue weighted by Gasteiger charge is 2.24. The normalized spacial score (nSPS) is 13.5. The van der Waals surface area contributed by atoms with Gasteiger partial charge in [-0.1, -0.05) is 12.1 Å². The van der Waals surface area contributed by atoms with Crippen molar-refractivity contribution < 1.29 is 14.5 Å². The van der Waals surface area contributed by atoms with E-state index in [1.54, 1.807) is 31.2 Å². The first-order chi connectivity index (χ1) is 13.0. The summed E-state index contributed by atoms with van der Waals surface area (Å²) >= 11 is 0. The van der Waals surface area contributed by atoms with Crippen molar-refractivity contribution in [2.45, 2.75) is 19.4 Å². The van der Waals surface area contributed by atoms with Gasteiger partial charge in [0.05, 0.1) is 12.0 Å². The number of nitro benzene ring substituents is 1. The molecule has 0 bridgehead atoms. The van der Waals surface area contributed by atoms with Crippen LogP contribution >= 0.6 is 0 Å². The molecular formula is C20H23N3O4. The van der Waals surface area contributed by atoms with Gasteiger partial charge in [0.1, 0.15) is 11.4 Å². The maximum Gasteiger partial charge on any atom is 0.293 e. The van der Waals surface area contributed by atoms with Crippen LogP contribution in [0.5, 0.6) is 5.75 Å². The maximum atomic E-state index is 12.7. The van der Waals surface area contributed by atoms with Crippen molar-refractivity contribution in [3.05, 3.63) is 63.7 Å². The van der Waals surface area contributed by atoms with Crippen LogP contribution in [-0.2, 0) is 6.54 Å². The van der Waals surface area contributed by atoms with Gasteiger partial charge in [0, 0.05) is 38.3 Å². The molecular weight excluding hydrogens is 346 g/mol. The average Bonchev–Trinajstić information content (AvgIpc) is 3.22. The SMILES string of the molecule is COc1ccc(CN(C)C(=O)c2ccc(N3CCCC3)c([N+](=O)[O-])c2)cc1. The first-order valence-corrected chi connectivity index (χ1v) is 8.91. The fourth-order valence-corrected chi connectivity index (χ4v) is 3.33. The molecule has 1 heterocycles. The topological polar surface area (TPSA) is 75.9 Å². The van der Waals surface area contributed by atoms with Gasteiger partial charge in [0.2, 0.25) is 0 Å². The highest BCUT2D eigenvalue weighted by molar-refractivity contribution is 5.95. The first kappa shape index (κ1) is 18.7. The van der Waals surface area contributed by atoms with Gasteiger partial charge in [0.15, 0.2) is 0 Å². The summed E-state index contributed by atoms with van der Waals surface area (Å²) < 4.78 is 5.13. The Labute approximate surface area is 158 Å². The lowest BCUT2D eigenvalue weighted by atomic mass is 10.1. The molecule has 7 nitrogen and oxygen atoms in total. The lowest BCUT2D eigenvalue weighted by molar-refractivity contribution is -0.384. The van der Waals surface area contributed by atoms with Crippen LogP contribution in [0.3, 0.4) is 0 Å². The standard InChI is InChI=1S/C20H23N3O4/c1-21(14-15-5-8-17(27-2)9-6-15)20(24)16-7-10-18(19(13-16)23(25)26)22-11-3-4-12-22/h5-10,13H,3-4,11-12,14H2,1-2H3. The van der Waals surface area contributed by atoms with Gasteiger partial charge in [-0.25, -0.2) is 0 Å². The van der Waals surface area contributed by atoms with Crippen LogP contribution in [0, 0.1) is 10.1 Å². The number of carbonyl (C=O) groups is 1. The van der Waals surface area contributed by atoms with Gasteiger partial charge < -0.3 is 14.5 Å². The zero-order valence-electron chi connectivity index (χ0n) is 15.6. The van der Waals surface area contributed by atoms with Crippen molar-refractivity contribution in [2.24, 2.45) is 0 Å². The molecule has 1 aliphatic heterocycles. The Kier molecular flexibility index (Phi) is 5.59. The van der Waals surface area contributed by atoms with E-state index in [0.29, 0.717) is 17.8 Å². The van der Waals surface area contributed by atoms with Crippen LogP contribution in [0.1, 0.15) is 28.8 Å². The predicted molar refractivity (Wildman–Crippen MR) is 103 cm³/mol. The third-order valence-electron chi connectivity index (χ3n) is 4.79. The van der Waals surface area contributed by atoms with Crippen LogP contribution in [0.15, 0.2) is 42.5 Å². The molecule has 7 heteroatoms. The summed E-state index contributed by atoms with van der Waals surface area (Å²) in [5, 5.41) is 11.5. The van der Waals surface area contributed by atoms with E-state index < -0.39 is 4.92 Å². The van der Waals surface area contributed by atoms with Gasteiger partial charge in [-0.05, 0) is 42.7 Å². The number of anilines is 1. The molecule has 1 fully saturated rings. The molecule has 0 radical (unpaired) electrons. The summed E-state index contributed by atoms with van der Waals surface area (Å²) in [7, 11) is 3.29. The number of amides is 1. The van der Waals surface area contributed by atoms with Crippen LogP contribution in [0.2, 0.25) is 0 Å². The van der Waals surface area contributed by atoms with E-state index in [0.717, 1.165) is 37.2 Å². The lowest BCUT2D eigenvalue weighted by Crippen LogP contribution is -2.26. The lowest BCUT2D eigenvalue weighted by Gasteiger charge is -2.20. The van der Waals surface area contributed by atoms with E-state index in [1.165, 1.54) is 6.07 Å². The summed E-state index contributed by atoms with van der Waals surface area (Å²) in [5.74, 6) is 0.503. The number of carbonyl (C=O) groups excluding carboxylic acids is 1. The van der Waals surface area contributed by atoms with E-state index >= 15 is 0 Å². The van der Waals surface area contributed by atoms with Crippen molar-refractivity contribution in [3.8, 4) is 5.75 Å². The Morgan fingerprint density at radius 1 is 1.19 bits per heavy atom. The average molecular weight is 369 g/mol. The minimum atomic E-state index is -0.409. The zero-order chi connectivity index (χ0) is 19.4. The summed E-state index contributed by atoms with van der Waals surface area (Å²) in [4.78, 5) is 27.4. The molecule has 1 aliphatic rings. The molecule has 1 saturated heterocycles. The Balaban J connectivity index is 1.78. The largest absolute Gasteiger partial charge is 0.497 e. The third kappa shape index (κ3) is 4.19. The highest BCUT2D eigenvalue weighted by atomic mass is 16.6. The summed E-state index contributed by atoms with van der Waals surface area (Å²) in [5.41, 5.74) is 1.85. The molecule has 0 N–H and O–H groups in total. The fourth-order valence-electron chi connectivity index (χ4n) is 3.33. The molecule has 142 valence electrons. The van der Waals surface area contributed by atoms with Crippen molar-refractivity contribution in [3.63, 3.8) is 0 Å². The van der Waals surface area contributed by atoms with Crippen LogP contribution in [-0.4, -0.2) is 43.0 Å². The van der Waals surface area contributed by atoms with Gasteiger partial charge in [0.25, 0.3) is 11.6 Å². The second-order valence-electron chi connectivity index (χ2n) is 6.66. The second kappa shape index (κ2) is 8.07. The molecule has 27 heavy (non-hydrogen) atoms. The van der Waals surface area contributed by atoms with E-state index in [-0.39, 0.29) is 11.6 Å². The van der Waals surface area contributed by atoms with Gasteiger partial charge in [-0.3, -0.25) is 14.9 Å². The van der Waals surface area contributed by atoms with Crippen molar-refractivity contribution in [1.82, 2.24) is 4.90 Å². The monoisotopic (exact) mass is 369 g/mol. The quantitative estimate of drug-likeness (QED) is 0.576. The number of nitrogens with zero attached hydrogens (tertiary/aromatic N) is 3. The van der Waals surface area contributed by atoms with Crippen molar-refractivity contribution in [1.29, 1.82) is 0 Å². The molecule has 0 unspecified atom stereocenters. The number of benzene rings is 2. The molecule has 0 aliphatic carbocycles. The van der Waals surface area contributed by atoms with Crippen LogP contribution in [0.4, 0.5) is 11.4 Å². The minimum absolute atomic E-state index is 0.0133. The van der Waals surface area contributed by atoms with E-state index in [1.807, 2.05) is 29.2 Å². The summed E-state index contributed by atoms with van der Waals surface area (Å²) in [6.07, 6.45) is 2.06. The van der Waals surface area contributed by atoms with Crippen molar-refractivity contribution in [2.75, 3.05) is 32.1 Å². The van der Waals surface area contributed by atoms with E-state index in [2.05, 4.69) is 0 Å². The summed E-state index contributed by atoms with van der Waals surface area (Å²) in [6, 6.07) is 12.2. The second-order valence-corrected chi connectivity index (χ2v) is 6.66. The highest BCUT2D eigenvalue weighted by Crippen LogP contribution is 2.32.